The first kappa shape index (κ1) is 16.5. The van der Waals surface area contributed by atoms with Crippen LogP contribution >= 0.6 is 15.9 Å². The lowest BCUT2D eigenvalue weighted by atomic mass is 10.2. The van der Waals surface area contributed by atoms with E-state index < -0.39 is 0 Å². The number of anilines is 2. The Morgan fingerprint density at radius 1 is 1.17 bits per heavy atom. The average molecular weight is 385 g/mol. The minimum atomic E-state index is -0.212. The molecule has 122 valence electrons. The summed E-state index contributed by atoms with van der Waals surface area (Å²) in [6, 6.07) is 15.1. The number of nitrogens with one attached hydrogen (secondary N) is 1. The number of hydrogen-bond acceptors (Lipinski definition) is 2. The molecule has 1 saturated heterocycles. The predicted molar refractivity (Wildman–Crippen MR) is 99.8 cm³/mol. The van der Waals surface area contributed by atoms with Crippen molar-refractivity contribution in [2.24, 2.45) is 0 Å². The van der Waals surface area contributed by atoms with Gasteiger partial charge >= 0.3 is 0 Å². The Kier molecular flexibility index (Phi) is 5.11. The third kappa shape index (κ3) is 3.92. The Labute approximate surface area is 149 Å². The number of nitrogens with zero attached hydrogens (tertiary/aromatic N) is 1. The van der Waals surface area contributed by atoms with Crippen LogP contribution in [0, 0.1) is 0 Å². The maximum absolute atomic E-state index is 12.1. The number of carbonyl (C=O) groups is 2. The van der Waals surface area contributed by atoms with Crippen molar-refractivity contribution in [2.45, 2.75) is 12.8 Å². The van der Waals surface area contributed by atoms with Gasteiger partial charge in [0, 0.05) is 34.9 Å². The molecule has 4 nitrogen and oxygen atoms in total. The zero-order valence-corrected chi connectivity index (χ0v) is 14.6. The summed E-state index contributed by atoms with van der Waals surface area (Å²) < 4.78 is 0.934. The number of amides is 2. The summed E-state index contributed by atoms with van der Waals surface area (Å²) in [4.78, 5) is 25.7. The molecule has 0 saturated carbocycles. The van der Waals surface area contributed by atoms with Crippen LogP contribution in [0.3, 0.4) is 0 Å². The Balaban J connectivity index is 1.68. The van der Waals surface area contributed by atoms with Gasteiger partial charge < -0.3 is 10.2 Å². The van der Waals surface area contributed by atoms with Gasteiger partial charge in [-0.1, -0.05) is 40.2 Å². The molecule has 0 aliphatic carbocycles. The quantitative estimate of drug-likeness (QED) is 0.801. The van der Waals surface area contributed by atoms with E-state index in [0.717, 1.165) is 28.7 Å². The summed E-state index contributed by atoms with van der Waals surface area (Å²) in [6.07, 6.45) is 4.72. The summed E-state index contributed by atoms with van der Waals surface area (Å²) in [5.74, 6) is -0.0806. The topological polar surface area (TPSA) is 49.4 Å². The number of carbonyl (C=O) groups excluding carboxylic acids is 2. The Bertz CT molecular complexity index is 801. The van der Waals surface area contributed by atoms with E-state index in [1.165, 1.54) is 6.08 Å². The molecule has 0 atom stereocenters. The normalized spacial score (nSPS) is 14.4. The van der Waals surface area contributed by atoms with Gasteiger partial charge in [-0.05, 0) is 42.3 Å². The standard InChI is InChI=1S/C19H17BrN2O2/c20-17-8-2-1-5-14(17)10-11-18(23)21-15-6-3-7-16(13-15)22-12-4-9-19(22)24/h1-3,5-8,10-11,13H,4,9,12H2,(H,21,23)/b11-10+. The Morgan fingerprint density at radius 3 is 2.75 bits per heavy atom. The molecule has 0 spiro atoms. The molecule has 1 N–H and O–H groups in total. The molecular weight excluding hydrogens is 368 g/mol. The smallest absolute Gasteiger partial charge is 0.248 e. The second-order valence-electron chi connectivity index (χ2n) is 5.54. The molecule has 1 fully saturated rings. The third-order valence-electron chi connectivity index (χ3n) is 3.82. The molecule has 5 heteroatoms. The minimum absolute atomic E-state index is 0.132. The SMILES string of the molecule is O=C(/C=C/c1ccccc1Br)Nc1cccc(N2CCCC2=O)c1. The molecule has 0 bridgehead atoms. The van der Waals surface area contributed by atoms with Crippen LogP contribution in [0.4, 0.5) is 11.4 Å². The maximum atomic E-state index is 12.1. The lowest BCUT2D eigenvalue weighted by Gasteiger charge is -2.16. The molecule has 0 radical (unpaired) electrons. The molecule has 1 aliphatic rings. The van der Waals surface area contributed by atoms with Crippen LogP contribution in [0.25, 0.3) is 6.08 Å². The zero-order chi connectivity index (χ0) is 16.9. The molecule has 2 aromatic carbocycles. The van der Waals surface area contributed by atoms with Crippen molar-refractivity contribution in [1.82, 2.24) is 0 Å². The van der Waals surface area contributed by atoms with Gasteiger partial charge in [-0.25, -0.2) is 0 Å². The van der Waals surface area contributed by atoms with E-state index in [1.54, 1.807) is 11.0 Å². The summed E-state index contributed by atoms with van der Waals surface area (Å²) in [6.45, 7) is 0.734. The second-order valence-corrected chi connectivity index (χ2v) is 6.40. The zero-order valence-electron chi connectivity index (χ0n) is 13.0. The second kappa shape index (κ2) is 7.45. The number of halogens is 1. The maximum Gasteiger partial charge on any atom is 0.248 e. The largest absolute Gasteiger partial charge is 0.322 e. The van der Waals surface area contributed by atoms with E-state index in [-0.39, 0.29) is 11.8 Å². The first-order valence-electron chi connectivity index (χ1n) is 7.77. The van der Waals surface area contributed by atoms with E-state index in [2.05, 4.69) is 21.2 Å². The van der Waals surface area contributed by atoms with Crippen molar-refractivity contribution in [1.29, 1.82) is 0 Å². The van der Waals surface area contributed by atoms with E-state index in [0.29, 0.717) is 12.1 Å². The first-order chi connectivity index (χ1) is 11.6. The van der Waals surface area contributed by atoms with Crippen molar-refractivity contribution < 1.29 is 9.59 Å². The first-order valence-corrected chi connectivity index (χ1v) is 8.57. The van der Waals surface area contributed by atoms with E-state index in [9.17, 15) is 9.59 Å². The molecule has 2 amide bonds. The van der Waals surface area contributed by atoms with E-state index in [1.807, 2.05) is 48.5 Å². The minimum Gasteiger partial charge on any atom is -0.322 e. The molecular formula is C19H17BrN2O2. The summed E-state index contributed by atoms with van der Waals surface area (Å²) >= 11 is 3.45. The highest BCUT2D eigenvalue weighted by Gasteiger charge is 2.21. The fourth-order valence-corrected chi connectivity index (χ4v) is 3.05. The van der Waals surface area contributed by atoms with Crippen molar-refractivity contribution in [3.8, 4) is 0 Å². The molecule has 0 aromatic heterocycles. The molecule has 2 aromatic rings. The van der Waals surface area contributed by atoms with Gasteiger partial charge in [-0.3, -0.25) is 9.59 Å². The van der Waals surface area contributed by atoms with Gasteiger partial charge in [0.2, 0.25) is 11.8 Å². The predicted octanol–water partition coefficient (Wildman–Crippen LogP) is 4.23. The summed E-state index contributed by atoms with van der Waals surface area (Å²) in [5, 5.41) is 2.83. The highest BCUT2D eigenvalue weighted by Crippen LogP contribution is 2.24. The third-order valence-corrected chi connectivity index (χ3v) is 4.54. The van der Waals surface area contributed by atoms with Crippen LogP contribution in [-0.4, -0.2) is 18.4 Å². The van der Waals surface area contributed by atoms with E-state index >= 15 is 0 Å². The lowest BCUT2D eigenvalue weighted by molar-refractivity contribution is -0.117. The number of benzene rings is 2. The average Bonchev–Trinajstić information content (AvgIpc) is 3.00. The Hall–Kier alpha value is -2.40. The Morgan fingerprint density at radius 2 is 2.00 bits per heavy atom. The van der Waals surface area contributed by atoms with Crippen molar-refractivity contribution in [2.75, 3.05) is 16.8 Å². The van der Waals surface area contributed by atoms with Gasteiger partial charge in [0.25, 0.3) is 0 Å². The number of rotatable bonds is 4. The van der Waals surface area contributed by atoms with Crippen LogP contribution in [0.5, 0.6) is 0 Å². The van der Waals surface area contributed by atoms with Gasteiger partial charge in [-0.2, -0.15) is 0 Å². The van der Waals surface area contributed by atoms with Crippen molar-refractivity contribution in [3.05, 3.63) is 64.6 Å². The highest BCUT2D eigenvalue weighted by atomic mass is 79.9. The summed E-state index contributed by atoms with van der Waals surface area (Å²) in [5.41, 5.74) is 2.43. The number of hydrogen-bond donors (Lipinski definition) is 1. The monoisotopic (exact) mass is 384 g/mol. The fraction of sp³-hybridized carbons (Fsp3) is 0.158. The molecule has 1 heterocycles. The van der Waals surface area contributed by atoms with Gasteiger partial charge in [0.15, 0.2) is 0 Å². The van der Waals surface area contributed by atoms with Crippen LogP contribution in [-0.2, 0) is 9.59 Å². The van der Waals surface area contributed by atoms with Gasteiger partial charge in [0.1, 0.15) is 0 Å². The van der Waals surface area contributed by atoms with E-state index in [4.69, 9.17) is 0 Å². The fourth-order valence-electron chi connectivity index (χ4n) is 2.63. The van der Waals surface area contributed by atoms with Crippen molar-refractivity contribution >= 4 is 45.2 Å². The highest BCUT2D eigenvalue weighted by molar-refractivity contribution is 9.10. The van der Waals surface area contributed by atoms with Crippen LogP contribution in [0.1, 0.15) is 18.4 Å². The lowest BCUT2D eigenvalue weighted by Crippen LogP contribution is -2.23. The van der Waals surface area contributed by atoms with Crippen LogP contribution in [0.15, 0.2) is 59.1 Å². The summed E-state index contributed by atoms with van der Waals surface area (Å²) in [7, 11) is 0. The van der Waals surface area contributed by atoms with Gasteiger partial charge in [-0.15, -0.1) is 0 Å². The molecule has 0 unspecified atom stereocenters. The van der Waals surface area contributed by atoms with Crippen LogP contribution < -0.4 is 10.2 Å². The van der Waals surface area contributed by atoms with Crippen LogP contribution in [0.2, 0.25) is 0 Å². The molecule has 24 heavy (non-hydrogen) atoms. The van der Waals surface area contributed by atoms with Crippen molar-refractivity contribution in [3.63, 3.8) is 0 Å². The van der Waals surface area contributed by atoms with Gasteiger partial charge in [0.05, 0.1) is 0 Å². The molecule has 3 rings (SSSR count). The molecule has 1 aliphatic heterocycles.